The fourth-order valence-corrected chi connectivity index (χ4v) is 4.79. The predicted octanol–water partition coefficient (Wildman–Crippen LogP) is 4.62. The van der Waals surface area contributed by atoms with E-state index in [0.717, 1.165) is 33.5 Å². The van der Waals surface area contributed by atoms with Gasteiger partial charge in [0.15, 0.2) is 16.1 Å². The van der Waals surface area contributed by atoms with Gasteiger partial charge in [-0.3, -0.25) is 14.7 Å². The number of carbonyl (C=O) groups is 1. The van der Waals surface area contributed by atoms with Crippen LogP contribution in [0.25, 0.3) is 11.4 Å². The number of aromatic nitrogens is 5. The van der Waals surface area contributed by atoms with Crippen molar-refractivity contribution in [1.82, 2.24) is 24.7 Å². The second-order valence-corrected chi connectivity index (χ2v) is 8.48. The summed E-state index contributed by atoms with van der Waals surface area (Å²) in [5.41, 5.74) is 3.79. The molecule has 0 aliphatic rings. The van der Waals surface area contributed by atoms with Crippen LogP contribution in [-0.2, 0) is 17.6 Å². The number of thiazole rings is 1. The van der Waals surface area contributed by atoms with Crippen molar-refractivity contribution in [2.75, 3.05) is 4.90 Å². The van der Waals surface area contributed by atoms with Crippen molar-refractivity contribution < 1.29 is 4.79 Å². The zero-order valence-corrected chi connectivity index (χ0v) is 18.4. The third-order valence-corrected chi connectivity index (χ3v) is 6.36. The van der Waals surface area contributed by atoms with E-state index in [9.17, 15) is 4.79 Å². The molecule has 0 saturated carbocycles. The minimum absolute atomic E-state index is 0.0653. The van der Waals surface area contributed by atoms with Gasteiger partial charge in [0, 0.05) is 43.1 Å². The maximum atomic E-state index is 12.3. The van der Waals surface area contributed by atoms with Crippen LogP contribution >= 0.6 is 23.1 Å². The second-order valence-electron chi connectivity index (χ2n) is 6.70. The van der Waals surface area contributed by atoms with Crippen LogP contribution in [0.5, 0.6) is 0 Å². The number of carbonyl (C=O) groups excluding carboxylic acids is 1. The molecule has 3 heterocycles. The average Bonchev–Trinajstić information content (AvgIpc) is 3.34. The average molecular weight is 437 g/mol. The van der Waals surface area contributed by atoms with E-state index in [1.165, 1.54) is 11.3 Å². The molecule has 0 aliphatic carbocycles. The lowest BCUT2D eigenvalue weighted by Crippen LogP contribution is -2.22. The molecular formula is C21H20N6OS2. The van der Waals surface area contributed by atoms with Gasteiger partial charge < -0.3 is 4.57 Å². The van der Waals surface area contributed by atoms with E-state index in [2.05, 4.69) is 20.2 Å². The maximum absolute atomic E-state index is 12.3. The number of amides is 1. The highest BCUT2D eigenvalue weighted by atomic mass is 32.2. The minimum atomic E-state index is -0.0653. The van der Waals surface area contributed by atoms with Crippen molar-refractivity contribution in [1.29, 1.82) is 0 Å². The van der Waals surface area contributed by atoms with E-state index in [4.69, 9.17) is 0 Å². The first-order chi connectivity index (χ1) is 14.5. The molecular weight excluding hydrogens is 416 g/mol. The largest absolute Gasteiger partial charge is 0.305 e. The van der Waals surface area contributed by atoms with Crippen LogP contribution in [0.2, 0.25) is 0 Å². The fourth-order valence-electron chi connectivity index (χ4n) is 2.99. The van der Waals surface area contributed by atoms with E-state index >= 15 is 0 Å². The molecule has 1 amide bonds. The van der Waals surface area contributed by atoms with E-state index in [0.29, 0.717) is 10.9 Å². The van der Waals surface area contributed by atoms with Crippen LogP contribution in [0.15, 0.2) is 59.3 Å². The summed E-state index contributed by atoms with van der Waals surface area (Å²) in [4.78, 5) is 22.7. The normalized spacial score (nSPS) is 10.9. The lowest BCUT2D eigenvalue weighted by molar-refractivity contribution is -0.115. The number of aryl methyl sites for hydroxylation is 1. The zero-order chi connectivity index (χ0) is 21.1. The van der Waals surface area contributed by atoms with Gasteiger partial charge in [0.2, 0.25) is 5.91 Å². The Kier molecular flexibility index (Phi) is 5.91. The lowest BCUT2D eigenvalue weighted by Gasteiger charge is -2.18. The van der Waals surface area contributed by atoms with Crippen LogP contribution in [0, 0.1) is 6.92 Å². The summed E-state index contributed by atoms with van der Waals surface area (Å²) in [6.45, 7) is 3.56. The van der Waals surface area contributed by atoms with Gasteiger partial charge in [-0.25, -0.2) is 4.98 Å². The highest BCUT2D eigenvalue weighted by Gasteiger charge is 2.19. The molecule has 0 saturated heterocycles. The molecule has 0 N–H and O–H groups in total. The SMILES string of the molecule is CC(=O)N(c1cccc(C)c1)c1nc(CSc2nnc(-c3ccncc3)n2C)cs1. The Hall–Kier alpha value is -3.04. The van der Waals surface area contributed by atoms with Crippen LogP contribution in [0.3, 0.4) is 0 Å². The van der Waals surface area contributed by atoms with Gasteiger partial charge in [0.1, 0.15) is 0 Å². The summed E-state index contributed by atoms with van der Waals surface area (Å²) in [6, 6.07) is 11.7. The minimum Gasteiger partial charge on any atom is -0.305 e. The van der Waals surface area contributed by atoms with Crippen molar-refractivity contribution in [3.63, 3.8) is 0 Å². The Morgan fingerprint density at radius 3 is 2.73 bits per heavy atom. The van der Waals surface area contributed by atoms with E-state index < -0.39 is 0 Å². The summed E-state index contributed by atoms with van der Waals surface area (Å²) in [5.74, 6) is 1.36. The number of thioether (sulfide) groups is 1. The quantitative estimate of drug-likeness (QED) is 0.411. The molecule has 0 aliphatic heterocycles. The van der Waals surface area contributed by atoms with E-state index in [1.807, 2.05) is 60.3 Å². The first-order valence-electron chi connectivity index (χ1n) is 9.27. The van der Waals surface area contributed by atoms with Crippen molar-refractivity contribution in [3.05, 3.63) is 65.4 Å². The van der Waals surface area contributed by atoms with Crippen LogP contribution in [0.4, 0.5) is 10.8 Å². The molecule has 152 valence electrons. The monoisotopic (exact) mass is 436 g/mol. The van der Waals surface area contributed by atoms with Gasteiger partial charge in [0.25, 0.3) is 0 Å². The van der Waals surface area contributed by atoms with Crippen LogP contribution < -0.4 is 4.90 Å². The molecule has 0 atom stereocenters. The predicted molar refractivity (Wildman–Crippen MR) is 120 cm³/mol. The Balaban J connectivity index is 1.50. The molecule has 0 unspecified atom stereocenters. The molecule has 30 heavy (non-hydrogen) atoms. The Morgan fingerprint density at radius 2 is 2.00 bits per heavy atom. The highest BCUT2D eigenvalue weighted by Crippen LogP contribution is 2.31. The molecule has 1 aromatic carbocycles. The first-order valence-corrected chi connectivity index (χ1v) is 11.1. The van der Waals surface area contributed by atoms with Gasteiger partial charge in [-0.05, 0) is 36.8 Å². The van der Waals surface area contributed by atoms with E-state index in [-0.39, 0.29) is 5.91 Å². The summed E-state index contributed by atoms with van der Waals surface area (Å²) in [6.07, 6.45) is 3.48. The number of anilines is 2. The Morgan fingerprint density at radius 1 is 1.20 bits per heavy atom. The van der Waals surface area contributed by atoms with Crippen LogP contribution in [0.1, 0.15) is 18.2 Å². The second kappa shape index (κ2) is 8.76. The van der Waals surface area contributed by atoms with Crippen molar-refractivity contribution >= 4 is 39.8 Å². The number of rotatable bonds is 6. The molecule has 0 radical (unpaired) electrons. The standard InChI is InChI=1S/C21H20N6OS2/c1-14-5-4-6-18(11-14)27(15(2)28)20-23-17(12-29-20)13-30-21-25-24-19(26(21)3)16-7-9-22-10-8-16/h4-12H,13H2,1-3H3. The van der Waals surface area contributed by atoms with Crippen LogP contribution in [-0.4, -0.2) is 30.6 Å². The molecule has 0 spiro atoms. The van der Waals surface area contributed by atoms with Gasteiger partial charge in [0.05, 0.1) is 11.4 Å². The molecule has 9 heteroatoms. The first kappa shape index (κ1) is 20.2. The summed E-state index contributed by atoms with van der Waals surface area (Å²) in [5, 5.41) is 12.0. The molecule has 3 aromatic heterocycles. The number of nitrogens with zero attached hydrogens (tertiary/aromatic N) is 6. The third kappa shape index (κ3) is 4.27. The summed E-state index contributed by atoms with van der Waals surface area (Å²) < 4.78 is 1.96. The molecule has 0 fully saturated rings. The summed E-state index contributed by atoms with van der Waals surface area (Å²) >= 11 is 3.02. The molecule has 4 aromatic rings. The fraction of sp³-hybridized carbons (Fsp3) is 0.190. The van der Waals surface area contributed by atoms with Crippen molar-refractivity contribution in [2.24, 2.45) is 7.05 Å². The zero-order valence-electron chi connectivity index (χ0n) is 16.8. The lowest BCUT2D eigenvalue weighted by atomic mass is 10.2. The third-order valence-electron chi connectivity index (χ3n) is 4.43. The van der Waals surface area contributed by atoms with Gasteiger partial charge >= 0.3 is 0 Å². The maximum Gasteiger partial charge on any atom is 0.230 e. The smallest absolute Gasteiger partial charge is 0.230 e. The van der Waals surface area contributed by atoms with Crippen molar-refractivity contribution in [2.45, 2.75) is 24.8 Å². The summed E-state index contributed by atoms with van der Waals surface area (Å²) in [7, 11) is 1.94. The molecule has 4 rings (SSSR count). The van der Waals surface area contributed by atoms with E-state index in [1.54, 1.807) is 36.0 Å². The van der Waals surface area contributed by atoms with Gasteiger partial charge in [-0.2, -0.15) is 0 Å². The number of hydrogen-bond acceptors (Lipinski definition) is 7. The Bertz CT molecular complexity index is 1170. The van der Waals surface area contributed by atoms with Crippen molar-refractivity contribution in [3.8, 4) is 11.4 Å². The molecule has 7 nitrogen and oxygen atoms in total. The van der Waals surface area contributed by atoms with Gasteiger partial charge in [-0.15, -0.1) is 21.5 Å². The number of pyridine rings is 1. The number of hydrogen-bond donors (Lipinski definition) is 0. The number of benzene rings is 1. The molecule has 0 bridgehead atoms. The Labute approximate surface area is 182 Å². The van der Waals surface area contributed by atoms with Gasteiger partial charge in [-0.1, -0.05) is 23.9 Å². The highest BCUT2D eigenvalue weighted by molar-refractivity contribution is 7.98. The topological polar surface area (TPSA) is 76.8 Å².